The van der Waals surface area contributed by atoms with Crippen molar-refractivity contribution >= 4 is 11.9 Å². The molecule has 0 aromatic carbocycles. The van der Waals surface area contributed by atoms with E-state index >= 15 is 0 Å². The Balaban J connectivity index is 1.71. The van der Waals surface area contributed by atoms with E-state index in [9.17, 15) is 9.59 Å². The molecule has 0 spiro atoms. The molecule has 1 atom stereocenters. The van der Waals surface area contributed by atoms with Crippen molar-refractivity contribution in [2.75, 3.05) is 26.9 Å². The van der Waals surface area contributed by atoms with Gasteiger partial charge in [0.1, 0.15) is 17.1 Å². The molecule has 2 rings (SSSR count). The van der Waals surface area contributed by atoms with Crippen molar-refractivity contribution in [2.45, 2.75) is 38.8 Å². The van der Waals surface area contributed by atoms with Crippen LogP contribution in [0, 0.1) is 6.92 Å². The minimum atomic E-state index is -1.03. The number of rotatable bonds is 8. The second kappa shape index (κ2) is 8.12. The number of aryl methyl sites for hydroxylation is 1. The molecule has 1 aromatic heterocycles. The summed E-state index contributed by atoms with van der Waals surface area (Å²) in [5.41, 5.74) is 0.126. The maximum Gasteiger partial charge on any atom is 0.339 e. The van der Waals surface area contributed by atoms with Gasteiger partial charge >= 0.3 is 5.97 Å². The van der Waals surface area contributed by atoms with Crippen LogP contribution in [0.4, 0.5) is 0 Å². The van der Waals surface area contributed by atoms with Crippen LogP contribution in [-0.2, 0) is 20.8 Å². The molecule has 1 fully saturated rings. The van der Waals surface area contributed by atoms with E-state index in [2.05, 4.69) is 0 Å². The van der Waals surface area contributed by atoms with Crippen molar-refractivity contribution in [1.82, 2.24) is 4.90 Å². The number of ether oxygens (including phenoxy) is 2. The van der Waals surface area contributed by atoms with Gasteiger partial charge in [0.2, 0.25) is 5.91 Å². The molecule has 0 bridgehead atoms. The third-order valence-corrected chi connectivity index (χ3v) is 3.81. The van der Waals surface area contributed by atoms with Crippen molar-refractivity contribution in [3.8, 4) is 0 Å². The molecule has 1 N–H and O–H groups in total. The lowest BCUT2D eigenvalue weighted by Crippen LogP contribution is -2.27. The Hall–Kier alpha value is -1.86. The molecule has 1 saturated heterocycles. The fourth-order valence-electron chi connectivity index (χ4n) is 2.50. The van der Waals surface area contributed by atoms with E-state index in [1.165, 1.54) is 11.0 Å². The summed E-state index contributed by atoms with van der Waals surface area (Å²) in [6.45, 7) is 3.49. The van der Waals surface area contributed by atoms with Gasteiger partial charge in [-0.05, 0) is 25.8 Å². The zero-order chi connectivity index (χ0) is 16.8. The van der Waals surface area contributed by atoms with Gasteiger partial charge in [0.25, 0.3) is 0 Å². The Bertz CT molecular complexity index is 547. The first-order chi connectivity index (χ1) is 11.0. The summed E-state index contributed by atoms with van der Waals surface area (Å²) in [6.07, 6.45) is 2.51. The Labute approximate surface area is 135 Å². The smallest absolute Gasteiger partial charge is 0.339 e. The third kappa shape index (κ3) is 5.07. The fraction of sp³-hybridized carbons (Fsp3) is 0.625. The lowest BCUT2D eigenvalue weighted by molar-refractivity contribution is -0.132. The molecule has 1 aliphatic heterocycles. The zero-order valence-corrected chi connectivity index (χ0v) is 13.5. The first-order valence-electron chi connectivity index (χ1n) is 7.73. The molecule has 2 heterocycles. The van der Waals surface area contributed by atoms with Gasteiger partial charge < -0.3 is 23.9 Å². The number of hydrogen-bond donors (Lipinski definition) is 1. The van der Waals surface area contributed by atoms with Gasteiger partial charge in [-0.2, -0.15) is 0 Å². The summed E-state index contributed by atoms with van der Waals surface area (Å²) >= 11 is 0. The van der Waals surface area contributed by atoms with Gasteiger partial charge in [0, 0.05) is 13.7 Å². The molecule has 7 heteroatoms. The second-order valence-corrected chi connectivity index (χ2v) is 5.70. The number of carboxylic acids is 1. The predicted molar refractivity (Wildman–Crippen MR) is 81.3 cm³/mol. The highest BCUT2D eigenvalue weighted by Gasteiger charge is 2.18. The largest absolute Gasteiger partial charge is 0.478 e. The highest BCUT2D eigenvalue weighted by molar-refractivity contribution is 5.88. The molecule has 0 radical (unpaired) electrons. The minimum absolute atomic E-state index is 0.0803. The van der Waals surface area contributed by atoms with Crippen LogP contribution in [-0.4, -0.2) is 54.9 Å². The van der Waals surface area contributed by atoms with Crippen LogP contribution in [0.2, 0.25) is 0 Å². The first kappa shape index (κ1) is 17.5. The quantitative estimate of drug-likeness (QED) is 0.734. The minimum Gasteiger partial charge on any atom is -0.478 e. The van der Waals surface area contributed by atoms with Crippen LogP contribution in [0.1, 0.15) is 41.1 Å². The topological polar surface area (TPSA) is 89.2 Å². The normalized spacial score (nSPS) is 17.4. The Morgan fingerprint density at radius 3 is 2.87 bits per heavy atom. The zero-order valence-electron chi connectivity index (χ0n) is 13.5. The van der Waals surface area contributed by atoms with E-state index in [1.807, 2.05) is 0 Å². The Morgan fingerprint density at radius 2 is 2.26 bits per heavy atom. The molecule has 0 saturated carbocycles. The van der Waals surface area contributed by atoms with Crippen LogP contribution in [0.25, 0.3) is 0 Å². The lowest BCUT2D eigenvalue weighted by Gasteiger charge is -2.16. The Morgan fingerprint density at radius 1 is 1.48 bits per heavy atom. The fourth-order valence-corrected chi connectivity index (χ4v) is 2.50. The SMILES string of the molecule is Cc1oc(CN(C)C(=O)CCOC[C@H]2CCCO2)cc1C(=O)O. The maximum absolute atomic E-state index is 12.0. The first-order valence-corrected chi connectivity index (χ1v) is 7.73. The molecular weight excluding hydrogens is 302 g/mol. The molecule has 1 aliphatic rings. The van der Waals surface area contributed by atoms with Crippen LogP contribution in [0.5, 0.6) is 0 Å². The highest BCUT2D eigenvalue weighted by atomic mass is 16.5. The average Bonchev–Trinajstić information content (AvgIpc) is 3.12. The molecule has 128 valence electrons. The van der Waals surface area contributed by atoms with Crippen LogP contribution in [0.3, 0.4) is 0 Å². The van der Waals surface area contributed by atoms with Crippen molar-refractivity contribution in [3.63, 3.8) is 0 Å². The van der Waals surface area contributed by atoms with Crippen LogP contribution >= 0.6 is 0 Å². The van der Waals surface area contributed by atoms with E-state index in [-0.39, 0.29) is 30.5 Å². The summed E-state index contributed by atoms with van der Waals surface area (Å²) in [5.74, 6) is -0.318. The third-order valence-electron chi connectivity index (χ3n) is 3.81. The van der Waals surface area contributed by atoms with Gasteiger partial charge in [-0.3, -0.25) is 4.79 Å². The standard InChI is InChI=1S/C16H23NO6/c1-11-14(16(19)20)8-13(23-11)9-17(2)15(18)5-7-21-10-12-4-3-6-22-12/h8,12H,3-7,9-10H2,1-2H3,(H,19,20)/t12-/m1/s1. The van der Waals surface area contributed by atoms with E-state index < -0.39 is 5.97 Å². The molecule has 7 nitrogen and oxygen atoms in total. The monoisotopic (exact) mass is 325 g/mol. The molecule has 0 unspecified atom stereocenters. The number of carbonyl (C=O) groups excluding carboxylic acids is 1. The lowest BCUT2D eigenvalue weighted by atomic mass is 10.2. The van der Waals surface area contributed by atoms with Gasteiger partial charge in [0.05, 0.1) is 32.3 Å². The van der Waals surface area contributed by atoms with Crippen LogP contribution < -0.4 is 0 Å². The van der Waals surface area contributed by atoms with E-state index in [0.29, 0.717) is 24.7 Å². The van der Waals surface area contributed by atoms with E-state index in [1.54, 1.807) is 14.0 Å². The number of aromatic carboxylic acids is 1. The number of carboxylic acid groups (broad SMARTS) is 1. The predicted octanol–water partition coefficient (Wildman–Crippen LogP) is 1.83. The number of nitrogens with zero attached hydrogens (tertiary/aromatic N) is 1. The number of hydrogen-bond acceptors (Lipinski definition) is 5. The summed E-state index contributed by atoms with van der Waals surface area (Å²) in [6, 6.07) is 1.45. The van der Waals surface area contributed by atoms with Gasteiger partial charge in [-0.15, -0.1) is 0 Å². The molecular formula is C16H23NO6. The van der Waals surface area contributed by atoms with Crippen LogP contribution in [0.15, 0.2) is 10.5 Å². The summed E-state index contributed by atoms with van der Waals surface area (Å²) < 4.78 is 16.3. The van der Waals surface area contributed by atoms with Crippen molar-refractivity contribution < 1.29 is 28.6 Å². The van der Waals surface area contributed by atoms with Crippen molar-refractivity contribution in [3.05, 3.63) is 23.2 Å². The molecule has 1 amide bonds. The van der Waals surface area contributed by atoms with Gasteiger partial charge in [0.15, 0.2) is 0 Å². The molecule has 23 heavy (non-hydrogen) atoms. The van der Waals surface area contributed by atoms with E-state index in [0.717, 1.165) is 19.4 Å². The summed E-state index contributed by atoms with van der Waals surface area (Å²) in [5, 5.41) is 8.99. The summed E-state index contributed by atoms with van der Waals surface area (Å²) in [4.78, 5) is 24.5. The number of carbonyl (C=O) groups is 2. The van der Waals surface area contributed by atoms with E-state index in [4.69, 9.17) is 19.0 Å². The van der Waals surface area contributed by atoms with Crippen molar-refractivity contribution in [1.29, 1.82) is 0 Å². The molecule has 0 aliphatic carbocycles. The maximum atomic E-state index is 12.0. The summed E-state index contributed by atoms with van der Waals surface area (Å²) in [7, 11) is 1.65. The van der Waals surface area contributed by atoms with Gasteiger partial charge in [-0.25, -0.2) is 4.79 Å². The number of amides is 1. The molecule has 1 aromatic rings. The number of furan rings is 1. The highest BCUT2D eigenvalue weighted by Crippen LogP contribution is 2.16. The van der Waals surface area contributed by atoms with Gasteiger partial charge in [-0.1, -0.05) is 0 Å². The second-order valence-electron chi connectivity index (χ2n) is 5.70. The van der Waals surface area contributed by atoms with Crippen molar-refractivity contribution in [2.24, 2.45) is 0 Å². The average molecular weight is 325 g/mol. The Kier molecular flexibility index (Phi) is 6.18.